The lowest BCUT2D eigenvalue weighted by Crippen LogP contribution is -2.39. The molecule has 1 aromatic rings. The van der Waals surface area contributed by atoms with Crippen molar-refractivity contribution in [2.45, 2.75) is 0 Å². The molecule has 0 heterocycles. The highest BCUT2D eigenvalue weighted by molar-refractivity contribution is 5.96. The van der Waals surface area contributed by atoms with Gasteiger partial charge in [0.2, 0.25) is 5.91 Å². The third-order valence-electron chi connectivity index (χ3n) is 3.31. The number of benzene rings is 1. The normalized spacial score (nSPS) is 9.78. The van der Waals surface area contributed by atoms with Crippen LogP contribution in [0.4, 0.5) is 0 Å². The summed E-state index contributed by atoms with van der Waals surface area (Å²) in [6, 6.07) is 4.57. The van der Waals surface area contributed by atoms with E-state index in [4.69, 9.17) is 14.2 Å². The summed E-state index contributed by atoms with van der Waals surface area (Å²) in [6.07, 6.45) is 0. The maximum Gasteiger partial charge on any atom is 0.325 e. The molecule has 0 unspecified atom stereocenters. The van der Waals surface area contributed by atoms with Crippen LogP contribution < -0.4 is 20.1 Å². The van der Waals surface area contributed by atoms with Crippen molar-refractivity contribution in [2.75, 3.05) is 48.0 Å². The first-order valence-electron chi connectivity index (χ1n) is 7.90. The third kappa shape index (κ3) is 7.63. The van der Waals surface area contributed by atoms with Crippen molar-refractivity contribution >= 4 is 23.7 Å². The highest BCUT2D eigenvalue weighted by Gasteiger charge is 2.13. The van der Waals surface area contributed by atoms with Gasteiger partial charge in [-0.15, -0.1) is 0 Å². The van der Waals surface area contributed by atoms with Gasteiger partial charge in [-0.1, -0.05) is 0 Å². The molecule has 0 aromatic heterocycles. The molecule has 1 rings (SSSR count). The van der Waals surface area contributed by atoms with E-state index in [0.717, 1.165) is 0 Å². The van der Waals surface area contributed by atoms with Crippen LogP contribution in [0.25, 0.3) is 0 Å². The molecule has 0 spiro atoms. The van der Waals surface area contributed by atoms with Crippen molar-refractivity contribution in [3.63, 3.8) is 0 Å². The Bertz CT molecular complexity index is 682. The molecule has 0 saturated heterocycles. The number of nitrogens with one attached hydrogen (secondary N) is 2. The number of carbonyl (C=O) groups excluding carboxylic acids is 4. The van der Waals surface area contributed by atoms with Crippen molar-refractivity contribution in [3.05, 3.63) is 23.8 Å². The summed E-state index contributed by atoms with van der Waals surface area (Å²) in [4.78, 5) is 47.9. The summed E-state index contributed by atoms with van der Waals surface area (Å²) in [6.45, 7) is -1.18. The van der Waals surface area contributed by atoms with Gasteiger partial charge < -0.3 is 29.7 Å². The van der Waals surface area contributed by atoms with Gasteiger partial charge in [-0.2, -0.15) is 0 Å². The average molecular weight is 381 g/mol. The Morgan fingerprint density at radius 1 is 0.926 bits per heavy atom. The van der Waals surface area contributed by atoms with Crippen LogP contribution in [0, 0.1) is 0 Å². The number of amides is 3. The molecular formula is C17H23N3O7. The zero-order chi connectivity index (χ0) is 20.4. The second kappa shape index (κ2) is 10.6. The van der Waals surface area contributed by atoms with Gasteiger partial charge >= 0.3 is 5.97 Å². The molecule has 2 N–H and O–H groups in total. The number of hydrogen-bond acceptors (Lipinski definition) is 7. The van der Waals surface area contributed by atoms with Crippen LogP contribution in [0.2, 0.25) is 0 Å². The van der Waals surface area contributed by atoms with E-state index < -0.39 is 30.9 Å². The fourth-order valence-corrected chi connectivity index (χ4v) is 1.77. The van der Waals surface area contributed by atoms with Crippen molar-refractivity contribution < 1.29 is 33.4 Å². The molecule has 3 amide bonds. The van der Waals surface area contributed by atoms with Crippen molar-refractivity contribution in [1.82, 2.24) is 15.5 Å². The Balaban J connectivity index is 2.42. The summed E-state index contributed by atoms with van der Waals surface area (Å²) < 4.78 is 14.9. The molecule has 10 nitrogen and oxygen atoms in total. The van der Waals surface area contributed by atoms with E-state index in [0.29, 0.717) is 11.5 Å². The monoisotopic (exact) mass is 381 g/mol. The summed E-state index contributed by atoms with van der Waals surface area (Å²) in [5.41, 5.74) is 0.235. The molecule has 27 heavy (non-hydrogen) atoms. The fraction of sp³-hybridized carbons (Fsp3) is 0.412. The minimum absolute atomic E-state index is 0.197. The number of likely N-dealkylation sites (N-methyl/N-ethyl adjacent to an activating group) is 1. The topological polar surface area (TPSA) is 123 Å². The first-order chi connectivity index (χ1) is 12.8. The van der Waals surface area contributed by atoms with E-state index in [1.54, 1.807) is 20.2 Å². The van der Waals surface area contributed by atoms with E-state index in [1.807, 2.05) is 0 Å². The molecule has 0 fully saturated rings. The number of nitrogens with zero attached hydrogens (tertiary/aromatic N) is 1. The maximum atomic E-state index is 12.1. The lowest BCUT2D eigenvalue weighted by atomic mass is 10.2. The predicted octanol–water partition coefficient (Wildman–Crippen LogP) is -0.819. The fourth-order valence-electron chi connectivity index (χ4n) is 1.77. The molecule has 10 heteroatoms. The second-order valence-corrected chi connectivity index (χ2v) is 5.51. The molecule has 0 bridgehead atoms. The van der Waals surface area contributed by atoms with Crippen LogP contribution in [0.3, 0.4) is 0 Å². The first-order valence-corrected chi connectivity index (χ1v) is 7.90. The summed E-state index contributed by atoms with van der Waals surface area (Å²) in [7, 11) is 6.00. The lowest BCUT2D eigenvalue weighted by molar-refractivity contribution is -0.147. The van der Waals surface area contributed by atoms with E-state index >= 15 is 0 Å². The average Bonchev–Trinajstić information content (AvgIpc) is 2.67. The minimum atomic E-state index is -0.799. The van der Waals surface area contributed by atoms with Gasteiger partial charge in [0.1, 0.15) is 18.0 Å². The minimum Gasteiger partial charge on any atom is -0.497 e. The molecule has 1 aromatic carbocycles. The summed E-state index contributed by atoms with van der Waals surface area (Å²) in [5, 5.41) is 4.69. The van der Waals surface area contributed by atoms with Gasteiger partial charge in [-0.05, 0) is 12.1 Å². The highest BCUT2D eigenvalue weighted by atomic mass is 16.5. The standard InChI is InChI=1S/C17H23N3O7/c1-20(2)15(22)8-18-14(21)10-27-16(23)9-19-17(24)11-5-12(25-3)7-13(6-11)26-4/h5-7H,8-10H2,1-4H3,(H,18,21)(H,19,24). The number of rotatable bonds is 9. The molecule has 0 saturated carbocycles. The Morgan fingerprint density at radius 2 is 1.52 bits per heavy atom. The van der Waals surface area contributed by atoms with Crippen LogP contribution in [0.15, 0.2) is 18.2 Å². The van der Waals surface area contributed by atoms with E-state index in [1.165, 1.54) is 31.3 Å². The first kappa shape index (κ1) is 21.7. The number of hydrogen-bond donors (Lipinski definition) is 2. The van der Waals surface area contributed by atoms with Crippen LogP contribution in [-0.4, -0.2) is 76.6 Å². The van der Waals surface area contributed by atoms with Gasteiger partial charge in [0.05, 0.1) is 20.8 Å². The van der Waals surface area contributed by atoms with Gasteiger partial charge in [0, 0.05) is 25.7 Å². The van der Waals surface area contributed by atoms with E-state index in [-0.39, 0.29) is 18.0 Å². The van der Waals surface area contributed by atoms with Crippen molar-refractivity contribution in [3.8, 4) is 11.5 Å². The molecule has 0 aliphatic carbocycles. The maximum absolute atomic E-state index is 12.1. The van der Waals surface area contributed by atoms with Crippen LogP contribution >= 0.6 is 0 Å². The quantitative estimate of drug-likeness (QED) is 0.536. The van der Waals surface area contributed by atoms with E-state index in [2.05, 4.69) is 10.6 Å². The Hall–Kier alpha value is -3.30. The van der Waals surface area contributed by atoms with Gasteiger partial charge in [-0.3, -0.25) is 19.2 Å². The zero-order valence-corrected chi connectivity index (χ0v) is 15.7. The van der Waals surface area contributed by atoms with Gasteiger partial charge in [0.15, 0.2) is 6.61 Å². The molecule has 0 aliphatic rings. The number of carbonyl (C=O) groups is 4. The zero-order valence-electron chi connectivity index (χ0n) is 15.7. The Labute approximate surface area is 156 Å². The number of ether oxygens (including phenoxy) is 3. The smallest absolute Gasteiger partial charge is 0.325 e. The van der Waals surface area contributed by atoms with E-state index in [9.17, 15) is 19.2 Å². The van der Waals surface area contributed by atoms with Crippen LogP contribution in [-0.2, 0) is 19.1 Å². The molecule has 0 atom stereocenters. The molecule has 148 valence electrons. The highest BCUT2D eigenvalue weighted by Crippen LogP contribution is 2.22. The second-order valence-electron chi connectivity index (χ2n) is 5.51. The molecule has 0 aliphatic heterocycles. The van der Waals surface area contributed by atoms with Crippen molar-refractivity contribution in [2.24, 2.45) is 0 Å². The van der Waals surface area contributed by atoms with Crippen LogP contribution in [0.1, 0.15) is 10.4 Å². The van der Waals surface area contributed by atoms with Gasteiger partial charge in [-0.25, -0.2) is 0 Å². The largest absolute Gasteiger partial charge is 0.497 e. The summed E-state index contributed by atoms with van der Waals surface area (Å²) in [5.74, 6) is -1.41. The summed E-state index contributed by atoms with van der Waals surface area (Å²) >= 11 is 0. The predicted molar refractivity (Wildman–Crippen MR) is 94.5 cm³/mol. The SMILES string of the molecule is COc1cc(OC)cc(C(=O)NCC(=O)OCC(=O)NCC(=O)N(C)C)c1. The van der Waals surface area contributed by atoms with Crippen molar-refractivity contribution in [1.29, 1.82) is 0 Å². The lowest BCUT2D eigenvalue weighted by Gasteiger charge is -2.11. The number of esters is 1. The Morgan fingerprint density at radius 3 is 2.04 bits per heavy atom. The Kier molecular flexibility index (Phi) is 8.57. The third-order valence-corrected chi connectivity index (χ3v) is 3.31. The van der Waals surface area contributed by atoms with Gasteiger partial charge in [0.25, 0.3) is 11.8 Å². The molecular weight excluding hydrogens is 358 g/mol. The van der Waals surface area contributed by atoms with Crippen LogP contribution in [0.5, 0.6) is 11.5 Å². The number of methoxy groups -OCH3 is 2. The molecule has 0 radical (unpaired) electrons.